The zero-order valence-electron chi connectivity index (χ0n) is 14.8. The molecule has 2 rings (SSSR count). The highest BCUT2D eigenvalue weighted by molar-refractivity contribution is 5.98. The smallest absolute Gasteiger partial charge is 0.331 e. The van der Waals surface area contributed by atoms with Crippen molar-refractivity contribution in [3.05, 3.63) is 35.4 Å². The number of esters is 1. The Labute approximate surface area is 143 Å². The predicted molar refractivity (Wildman–Crippen MR) is 91.7 cm³/mol. The van der Waals surface area contributed by atoms with Crippen LogP contribution in [0.1, 0.15) is 61.9 Å². The van der Waals surface area contributed by atoms with Crippen LogP contribution in [0, 0.1) is 0 Å². The molecule has 24 heavy (non-hydrogen) atoms. The molecule has 0 unspecified atom stereocenters. The number of rotatable bonds is 6. The summed E-state index contributed by atoms with van der Waals surface area (Å²) in [6, 6.07) is 7.29. The zero-order valence-corrected chi connectivity index (χ0v) is 14.8. The van der Waals surface area contributed by atoms with Gasteiger partial charge >= 0.3 is 5.97 Å². The van der Waals surface area contributed by atoms with E-state index in [1.165, 1.54) is 7.11 Å². The molecule has 132 valence electrons. The van der Waals surface area contributed by atoms with Gasteiger partial charge in [-0.05, 0) is 44.4 Å². The Morgan fingerprint density at radius 1 is 1.12 bits per heavy atom. The van der Waals surface area contributed by atoms with Gasteiger partial charge in [-0.15, -0.1) is 0 Å². The maximum absolute atomic E-state index is 12.6. The summed E-state index contributed by atoms with van der Waals surface area (Å²) in [7, 11) is 1.37. The van der Waals surface area contributed by atoms with Gasteiger partial charge in [0.05, 0.1) is 19.8 Å². The first-order valence-electron chi connectivity index (χ1n) is 8.58. The van der Waals surface area contributed by atoms with Gasteiger partial charge in [0.15, 0.2) is 0 Å². The van der Waals surface area contributed by atoms with E-state index in [1.54, 1.807) is 12.1 Å². The van der Waals surface area contributed by atoms with Gasteiger partial charge < -0.3 is 14.8 Å². The van der Waals surface area contributed by atoms with Crippen LogP contribution in [0.2, 0.25) is 0 Å². The van der Waals surface area contributed by atoms with Crippen molar-refractivity contribution < 1.29 is 19.1 Å². The Balaban J connectivity index is 2.05. The molecule has 0 aliphatic heterocycles. The van der Waals surface area contributed by atoms with Crippen LogP contribution in [0.5, 0.6) is 0 Å². The highest BCUT2D eigenvalue weighted by Gasteiger charge is 2.42. The summed E-state index contributed by atoms with van der Waals surface area (Å²) in [6.45, 7) is 4.49. The Morgan fingerprint density at radius 2 is 1.75 bits per heavy atom. The van der Waals surface area contributed by atoms with Crippen LogP contribution >= 0.6 is 0 Å². The monoisotopic (exact) mass is 333 g/mol. The van der Waals surface area contributed by atoms with Crippen LogP contribution in [0.3, 0.4) is 0 Å². The Kier molecular flexibility index (Phi) is 6.37. The van der Waals surface area contributed by atoms with Gasteiger partial charge in [-0.25, -0.2) is 4.79 Å². The average molecular weight is 333 g/mol. The van der Waals surface area contributed by atoms with E-state index in [2.05, 4.69) is 5.32 Å². The van der Waals surface area contributed by atoms with Gasteiger partial charge in [0.25, 0.3) is 5.91 Å². The number of amides is 1. The maximum atomic E-state index is 12.6. The first-order chi connectivity index (χ1) is 11.5. The minimum absolute atomic E-state index is 0.166. The number of benzene rings is 1. The second kappa shape index (κ2) is 8.29. The summed E-state index contributed by atoms with van der Waals surface area (Å²) in [6.07, 6.45) is 4.34. The van der Waals surface area contributed by atoms with Gasteiger partial charge in [-0.2, -0.15) is 0 Å². The molecule has 0 saturated heterocycles. The summed E-state index contributed by atoms with van der Waals surface area (Å²) in [5.41, 5.74) is 0.668. The number of hydrogen-bond acceptors (Lipinski definition) is 4. The van der Waals surface area contributed by atoms with Crippen molar-refractivity contribution in [2.75, 3.05) is 7.11 Å². The van der Waals surface area contributed by atoms with E-state index < -0.39 is 5.54 Å². The molecular weight excluding hydrogens is 306 g/mol. The highest BCUT2D eigenvalue weighted by Crippen LogP contribution is 2.29. The molecule has 1 aromatic carbocycles. The van der Waals surface area contributed by atoms with E-state index in [1.807, 2.05) is 26.0 Å². The second-order valence-corrected chi connectivity index (χ2v) is 6.65. The van der Waals surface area contributed by atoms with Crippen molar-refractivity contribution in [2.24, 2.45) is 0 Å². The third-order valence-corrected chi connectivity index (χ3v) is 4.44. The average Bonchev–Trinajstić information content (AvgIpc) is 2.60. The van der Waals surface area contributed by atoms with Crippen LogP contribution in [0.25, 0.3) is 0 Å². The lowest BCUT2D eigenvalue weighted by Gasteiger charge is -2.35. The fourth-order valence-electron chi connectivity index (χ4n) is 3.04. The molecule has 0 spiro atoms. The first-order valence-corrected chi connectivity index (χ1v) is 8.58. The van der Waals surface area contributed by atoms with Crippen molar-refractivity contribution in [1.29, 1.82) is 0 Å². The molecular formula is C19H27NO4. The van der Waals surface area contributed by atoms with E-state index >= 15 is 0 Å². The molecule has 0 bridgehead atoms. The molecule has 1 N–H and O–H groups in total. The van der Waals surface area contributed by atoms with Crippen molar-refractivity contribution >= 4 is 11.9 Å². The van der Waals surface area contributed by atoms with Gasteiger partial charge in [0.1, 0.15) is 5.54 Å². The Morgan fingerprint density at radius 3 is 2.29 bits per heavy atom. The number of hydrogen-bond donors (Lipinski definition) is 1. The fraction of sp³-hybridized carbons (Fsp3) is 0.579. The van der Waals surface area contributed by atoms with Crippen molar-refractivity contribution in [2.45, 2.75) is 64.2 Å². The second-order valence-electron chi connectivity index (χ2n) is 6.65. The molecule has 1 fully saturated rings. The number of methoxy groups -OCH3 is 1. The van der Waals surface area contributed by atoms with Crippen LogP contribution in [0.15, 0.2) is 24.3 Å². The molecule has 0 radical (unpaired) electrons. The molecule has 1 saturated carbocycles. The van der Waals surface area contributed by atoms with Crippen LogP contribution in [-0.4, -0.2) is 30.6 Å². The minimum atomic E-state index is -0.885. The van der Waals surface area contributed by atoms with E-state index in [-0.39, 0.29) is 18.0 Å². The van der Waals surface area contributed by atoms with Crippen LogP contribution in [-0.2, 0) is 20.9 Å². The molecule has 1 aliphatic rings. The van der Waals surface area contributed by atoms with Gasteiger partial charge in [0.2, 0.25) is 0 Å². The zero-order chi connectivity index (χ0) is 17.6. The summed E-state index contributed by atoms with van der Waals surface area (Å²) in [4.78, 5) is 24.8. The summed E-state index contributed by atoms with van der Waals surface area (Å²) < 4.78 is 10.5. The molecule has 1 aliphatic carbocycles. The molecule has 0 heterocycles. The lowest BCUT2D eigenvalue weighted by atomic mass is 9.81. The quantitative estimate of drug-likeness (QED) is 0.812. The number of carbonyl (C=O) groups is 2. The SMILES string of the molecule is COC(=O)C1(NC(=O)c2ccc(COC(C)C)cc2)CCCCC1. The summed E-state index contributed by atoms with van der Waals surface area (Å²) >= 11 is 0. The van der Waals surface area contributed by atoms with Crippen LogP contribution in [0.4, 0.5) is 0 Å². The van der Waals surface area contributed by atoms with Gasteiger partial charge in [-0.3, -0.25) is 4.79 Å². The third kappa shape index (κ3) is 4.57. The Hall–Kier alpha value is -1.88. The largest absolute Gasteiger partial charge is 0.467 e. The number of nitrogens with one attached hydrogen (secondary N) is 1. The first kappa shape index (κ1) is 18.5. The van der Waals surface area contributed by atoms with E-state index in [0.29, 0.717) is 25.0 Å². The predicted octanol–water partition coefficient (Wildman–Crippen LogP) is 3.22. The Bertz CT molecular complexity index is 559. The minimum Gasteiger partial charge on any atom is -0.467 e. The van der Waals surface area contributed by atoms with Crippen LogP contribution < -0.4 is 5.32 Å². The number of ether oxygens (including phenoxy) is 2. The van der Waals surface area contributed by atoms with E-state index in [0.717, 1.165) is 24.8 Å². The van der Waals surface area contributed by atoms with E-state index in [4.69, 9.17) is 9.47 Å². The lowest BCUT2D eigenvalue weighted by molar-refractivity contribution is -0.149. The van der Waals surface area contributed by atoms with Crippen molar-refractivity contribution in [1.82, 2.24) is 5.32 Å². The topological polar surface area (TPSA) is 64.6 Å². The molecule has 0 atom stereocenters. The number of carbonyl (C=O) groups excluding carboxylic acids is 2. The molecule has 1 aromatic rings. The lowest BCUT2D eigenvalue weighted by Crippen LogP contribution is -2.56. The maximum Gasteiger partial charge on any atom is 0.331 e. The normalized spacial score (nSPS) is 16.7. The van der Waals surface area contributed by atoms with Crippen molar-refractivity contribution in [3.8, 4) is 0 Å². The van der Waals surface area contributed by atoms with Gasteiger partial charge in [-0.1, -0.05) is 31.4 Å². The van der Waals surface area contributed by atoms with E-state index in [9.17, 15) is 9.59 Å². The molecule has 0 aromatic heterocycles. The summed E-state index contributed by atoms with van der Waals surface area (Å²) in [5, 5.41) is 2.92. The third-order valence-electron chi connectivity index (χ3n) is 4.44. The molecule has 5 heteroatoms. The van der Waals surface area contributed by atoms with Gasteiger partial charge in [0, 0.05) is 5.56 Å². The fourth-order valence-corrected chi connectivity index (χ4v) is 3.04. The highest BCUT2D eigenvalue weighted by atomic mass is 16.5. The molecule has 5 nitrogen and oxygen atoms in total. The van der Waals surface area contributed by atoms with Crippen molar-refractivity contribution in [3.63, 3.8) is 0 Å². The standard InChI is InChI=1S/C19H27NO4/c1-14(2)24-13-15-7-9-16(10-8-15)17(21)20-19(18(22)23-3)11-5-4-6-12-19/h7-10,14H,4-6,11-13H2,1-3H3,(H,20,21). The summed E-state index contributed by atoms with van der Waals surface area (Å²) in [5.74, 6) is -0.587. The molecule has 1 amide bonds.